The number of rotatable bonds is 3. The molecule has 120 valence electrons. The normalized spacial score (nSPS) is 15.2. The van der Waals surface area contributed by atoms with Gasteiger partial charge >= 0.3 is 29.9 Å². The molecule has 0 atom stereocenters. The molecule has 0 bridgehead atoms. The Hall–Kier alpha value is -1.17. The summed E-state index contributed by atoms with van der Waals surface area (Å²) in [5.74, 6) is -14.3. The third-order valence-corrected chi connectivity index (χ3v) is 1.92. The first-order chi connectivity index (χ1) is 8.42. The van der Waals surface area contributed by atoms with Gasteiger partial charge in [-0.1, -0.05) is 0 Å². The molecule has 0 aromatic heterocycles. The second kappa shape index (κ2) is 4.69. The van der Waals surface area contributed by atoms with Gasteiger partial charge in [0.1, 0.15) is 0 Å². The third kappa shape index (κ3) is 2.66. The summed E-state index contributed by atoms with van der Waals surface area (Å²) in [5, 5.41) is 0. The summed E-state index contributed by atoms with van der Waals surface area (Å²) in [4.78, 5) is 0. The summed E-state index contributed by atoms with van der Waals surface area (Å²) in [6.07, 6.45) is -21.0. The van der Waals surface area contributed by atoms with Gasteiger partial charge in [-0.2, -0.15) is 52.7 Å². The van der Waals surface area contributed by atoms with Crippen molar-refractivity contribution in [1.29, 1.82) is 0 Å². The Balaban J connectivity index is 6.29. The Morgan fingerprint density at radius 3 is 1.10 bits per heavy atom. The van der Waals surface area contributed by atoms with Gasteiger partial charge in [0.25, 0.3) is 6.08 Å². The van der Waals surface area contributed by atoms with E-state index in [4.69, 9.17) is 0 Å². The monoisotopic (exact) mass is 332 g/mol. The van der Waals surface area contributed by atoms with Gasteiger partial charge in [0.15, 0.2) is 0 Å². The fourth-order valence-corrected chi connectivity index (χ4v) is 0.974. The Labute approximate surface area is 100 Å². The van der Waals surface area contributed by atoms with Crippen molar-refractivity contribution >= 4 is 0 Å². The van der Waals surface area contributed by atoms with Gasteiger partial charge in [0.05, 0.1) is 6.08 Å². The summed E-state index contributed by atoms with van der Waals surface area (Å²) in [5.41, 5.74) is -7.72. The van der Waals surface area contributed by atoms with E-state index in [0.717, 1.165) is 0 Å². The van der Waals surface area contributed by atoms with Crippen molar-refractivity contribution in [3.8, 4) is 0 Å². The Kier molecular flexibility index (Phi) is 4.41. The van der Waals surface area contributed by atoms with E-state index in [1.165, 1.54) is 0 Å². The summed E-state index contributed by atoms with van der Waals surface area (Å²) in [6.45, 7) is 0. The summed E-state index contributed by atoms with van der Waals surface area (Å²) in [7, 11) is 0. The van der Waals surface area contributed by atoms with E-state index in [0.29, 0.717) is 0 Å². The number of alkyl halides is 11. The van der Waals surface area contributed by atoms with Crippen LogP contribution in [0.25, 0.3) is 0 Å². The minimum Gasteiger partial charge on any atom is -0.216 e. The SMILES string of the molecule is FC(F)=CC(F)(F)C(F)(F)C(F)(C(F)(F)F)C(F)(F)F. The zero-order valence-corrected chi connectivity index (χ0v) is 8.49. The van der Waals surface area contributed by atoms with E-state index in [9.17, 15) is 57.1 Å². The molecule has 0 heterocycles. The molecule has 0 aliphatic carbocycles. The second-order valence-electron chi connectivity index (χ2n) is 3.29. The van der Waals surface area contributed by atoms with Gasteiger partial charge in [0, 0.05) is 0 Å². The first-order valence-electron chi connectivity index (χ1n) is 4.03. The van der Waals surface area contributed by atoms with Crippen molar-refractivity contribution in [1.82, 2.24) is 0 Å². The maximum Gasteiger partial charge on any atom is 0.438 e. The molecule has 0 N–H and O–H groups in total. The summed E-state index contributed by atoms with van der Waals surface area (Å²) >= 11 is 0. The molecule has 0 aromatic carbocycles. The predicted molar refractivity (Wildman–Crippen MR) is 36.1 cm³/mol. The molecular formula is C7HF13. The molecule has 20 heavy (non-hydrogen) atoms. The fourth-order valence-electron chi connectivity index (χ4n) is 0.974. The van der Waals surface area contributed by atoms with Crippen LogP contribution in [0.1, 0.15) is 0 Å². The molecule has 0 aromatic rings. The number of allylic oxidation sites excluding steroid dienone is 1. The third-order valence-electron chi connectivity index (χ3n) is 1.92. The van der Waals surface area contributed by atoms with Crippen LogP contribution in [0.15, 0.2) is 12.2 Å². The Morgan fingerprint density at radius 1 is 0.600 bits per heavy atom. The van der Waals surface area contributed by atoms with E-state index in [1.54, 1.807) is 0 Å². The highest BCUT2D eigenvalue weighted by atomic mass is 19.4. The zero-order valence-electron chi connectivity index (χ0n) is 8.49. The van der Waals surface area contributed by atoms with E-state index >= 15 is 0 Å². The maximum absolute atomic E-state index is 12.8. The number of halogens is 13. The summed E-state index contributed by atoms with van der Waals surface area (Å²) in [6, 6.07) is 0. The highest BCUT2D eigenvalue weighted by molar-refractivity contribution is 5.16. The van der Waals surface area contributed by atoms with E-state index in [-0.39, 0.29) is 0 Å². The van der Waals surface area contributed by atoms with Crippen LogP contribution in [-0.2, 0) is 0 Å². The van der Waals surface area contributed by atoms with Crippen molar-refractivity contribution in [2.75, 3.05) is 0 Å². The molecular weight excluding hydrogens is 331 g/mol. The summed E-state index contributed by atoms with van der Waals surface area (Å²) < 4.78 is 157. The van der Waals surface area contributed by atoms with Gasteiger partial charge in [-0.15, -0.1) is 0 Å². The van der Waals surface area contributed by atoms with E-state index in [1.807, 2.05) is 0 Å². The van der Waals surface area contributed by atoms with Crippen LogP contribution in [0.2, 0.25) is 0 Å². The van der Waals surface area contributed by atoms with Crippen LogP contribution < -0.4 is 0 Å². The highest BCUT2D eigenvalue weighted by Gasteiger charge is 2.89. The van der Waals surface area contributed by atoms with Crippen molar-refractivity contribution in [3.05, 3.63) is 12.2 Å². The lowest BCUT2D eigenvalue weighted by atomic mass is 9.90. The second-order valence-corrected chi connectivity index (χ2v) is 3.29. The van der Waals surface area contributed by atoms with Crippen molar-refractivity contribution in [2.45, 2.75) is 29.9 Å². The first kappa shape index (κ1) is 18.8. The van der Waals surface area contributed by atoms with E-state index < -0.39 is 42.0 Å². The largest absolute Gasteiger partial charge is 0.438 e. The predicted octanol–water partition coefficient (Wildman–Crippen LogP) is 4.87. The lowest BCUT2D eigenvalue weighted by Crippen LogP contribution is -2.69. The lowest BCUT2D eigenvalue weighted by molar-refractivity contribution is -0.421. The highest BCUT2D eigenvalue weighted by Crippen LogP contribution is 2.59. The van der Waals surface area contributed by atoms with Gasteiger partial charge in [0.2, 0.25) is 0 Å². The van der Waals surface area contributed by atoms with Gasteiger partial charge < -0.3 is 0 Å². The number of hydrogen-bond donors (Lipinski definition) is 0. The molecule has 0 spiro atoms. The minimum atomic E-state index is -7.72. The van der Waals surface area contributed by atoms with Gasteiger partial charge in [-0.05, 0) is 0 Å². The maximum atomic E-state index is 12.8. The topological polar surface area (TPSA) is 0 Å². The molecule has 0 aliphatic heterocycles. The van der Waals surface area contributed by atoms with Crippen LogP contribution in [0, 0.1) is 0 Å². The number of hydrogen-bond acceptors (Lipinski definition) is 0. The molecule has 0 saturated heterocycles. The average molecular weight is 332 g/mol. The molecule has 0 fully saturated rings. The van der Waals surface area contributed by atoms with Crippen LogP contribution >= 0.6 is 0 Å². The quantitative estimate of drug-likeness (QED) is 0.647. The minimum absolute atomic E-state index is 2.20. The molecule has 0 nitrogen and oxygen atoms in total. The zero-order chi connectivity index (χ0) is 16.8. The molecule has 0 amide bonds. The Morgan fingerprint density at radius 2 is 0.900 bits per heavy atom. The van der Waals surface area contributed by atoms with Crippen LogP contribution in [0.3, 0.4) is 0 Å². The van der Waals surface area contributed by atoms with Crippen molar-refractivity contribution in [2.24, 2.45) is 0 Å². The lowest BCUT2D eigenvalue weighted by Gasteiger charge is -2.38. The van der Waals surface area contributed by atoms with Crippen molar-refractivity contribution < 1.29 is 57.1 Å². The Bertz CT molecular complexity index is 365. The average Bonchev–Trinajstić information content (AvgIpc) is 2.09. The molecule has 13 heteroatoms. The molecule has 0 rings (SSSR count). The molecule has 0 radical (unpaired) electrons. The molecule has 0 saturated carbocycles. The first-order valence-corrected chi connectivity index (χ1v) is 4.03. The van der Waals surface area contributed by atoms with Crippen LogP contribution in [0.4, 0.5) is 57.1 Å². The molecule has 0 unspecified atom stereocenters. The van der Waals surface area contributed by atoms with Gasteiger partial charge in [-0.25, -0.2) is 4.39 Å². The van der Waals surface area contributed by atoms with Crippen molar-refractivity contribution in [3.63, 3.8) is 0 Å². The van der Waals surface area contributed by atoms with Crippen LogP contribution in [0.5, 0.6) is 0 Å². The van der Waals surface area contributed by atoms with Crippen LogP contribution in [-0.4, -0.2) is 29.9 Å². The molecule has 0 aliphatic rings. The standard InChI is InChI=1S/C7HF13/c8-2(9)1-3(10,11)5(13,14)4(12,6(15,16)17)7(18,19)20/h1H. The van der Waals surface area contributed by atoms with Gasteiger partial charge in [-0.3, -0.25) is 0 Å². The van der Waals surface area contributed by atoms with E-state index in [2.05, 4.69) is 0 Å². The smallest absolute Gasteiger partial charge is 0.216 e. The fraction of sp³-hybridized carbons (Fsp3) is 0.714.